The molecule has 2 aromatic rings. The fourth-order valence-corrected chi connectivity index (χ4v) is 2.62. The highest BCUT2D eigenvalue weighted by molar-refractivity contribution is 14.0. The maximum atomic E-state index is 5.80. The van der Waals surface area contributed by atoms with Crippen molar-refractivity contribution in [2.24, 2.45) is 4.99 Å². The molecule has 7 nitrogen and oxygen atoms in total. The normalized spacial score (nSPS) is 10.9. The highest BCUT2D eigenvalue weighted by Crippen LogP contribution is 2.30. The van der Waals surface area contributed by atoms with Crippen LogP contribution >= 0.6 is 24.0 Å². The van der Waals surface area contributed by atoms with E-state index in [9.17, 15) is 0 Å². The molecule has 0 saturated heterocycles. The molecule has 2 rings (SSSR count). The highest BCUT2D eigenvalue weighted by atomic mass is 127. The van der Waals surface area contributed by atoms with Gasteiger partial charge in [0, 0.05) is 31.9 Å². The van der Waals surface area contributed by atoms with Gasteiger partial charge in [-0.2, -0.15) is 0 Å². The number of hydrogen-bond acceptors (Lipinski definition) is 5. The summed E-state index contributed by atoms with van der Waals surface area (Å²) in [6.07, 6.45) is 0. The molecule has 0 aliphatic heterocycles. The number of ether oxygens (including phenoxy) is 3. The van der Waals surface area contributed by atoms with Crippen molar-refractivity contribution in [2.45, 2.75) is 13.5 Å². The third-order valence-electron chi connectivity index (χ3n) is 4.12. The van der Waals surface area contributed by atoms with Crippen LogP contribution in [-0.4, -0.2) is 58.9 Å². The van der Waals surface area contributed by atoms with E-state index in [1.54, 1.807) is 14.2 Å². The predicted octanol–water partition coefficient (Wildman–Crippen LogP) is 3.84. The Kier molecular flexibility index (Phi) is 12.0. The standard InChI is InChI=1S/C22H32N4O3.HI/c1-6-28-21-15-18(10-11-20(21)27-5)25-22(23-2)24-16-17-8-7-9-19(14-17)29-13-12-26(3)4;/h7-11,14-15H,6,12-13,16H2,1-5H3,(H2,23,24,25);1H. The summed E-state index contributed by atoms with van der Waals surface area (Å²) < 4.78 is 16.8. The zero-order valence-electron chi connectivity index (χ0n) is 18.4. The van der Waals surface area contributed by atoms with Crippen molar-refractivity contribution in [3.05, 3.63) is 48.0 Å². The van der Waals surface area contributed by atoms with Crippen molar-refractivity contribution in [3.63, 3.8) is 0 Å². The molecule has 0 spiro atoms. The fourth-order valence-electron chi connectivity index (χ4n) is 2.62. The maximum absolute atomic E-state index is 5.80. The Morgan fingerprint density at radius 1 is 1.07 bits per heavy atom. The first-order chi connectivity index (χ1) is 14.0. The monoisotopic (exact) mass is 528 g/mol. The SMILES string of the molecule is CCOc1cc(NC(=NC)NCc2cccc(OCCN(C)C)c2)ccc1OC.I. The lowest BCUT2D eigenvalue weighted by atomic mass is 10.2. The summed E-state index contributed by atoms with van der Waals surface area (Å²) >= 11 is 0. The molecular formula is C22H33IN4O3. The zero-order chi connectivity index (χ0) is 21.1. The number of rotatable bonds is 10. The molecular weight excluding hydrogens is 495 g/mol. The second-order valence-corrected chi connectivity index (χ2v) is 6.65. The molecule has 0 amide bonds. The van der Waals surface area contributed by atoms with E-state index in [-0.39, 0.29) is 24.0 Å². The Balaban J connectivity index is 0.00000450. The summed E-state index contributed by atoms with van der Waals surface area (Å²) in [7, 11) is 7.43. The van der Waals surface area contributed by atoms with Crippen LogP contribution in [0.25, 0.3) is 0 Å². The minimum Gasteiger partial charge on any atom is -0.493 e. The average Bonchev–Trinajstić information content (AvgIpc) is 2.71. The molecule has 0 saturated carbocycles. The van der Waals surface area contributed by atoms with E-state index in [1.807, 2.05) is 57.4 Å². The molecule has 8 heteroatoms. The molecule has 0 fully saturated rings. The minimum atomic E-state index is 0. The molecule has 2 N–H and O–H groups in total. The van der Waals surface area contributed by atoms with Crippen LogP contribution in [0.2, 0.25) is 0 Å². The van der Waals surface area contributed by atoms with Gasteiger partial charge in [-0.15, -0.1) is 24.0 Å². The van der Waals surface area contributed by atoms with Crippen LogP contribution in [-0.2, 0) is 6.54 Å². The van der Waals surface area contributed by atoms with E-state index >= 15 is 0 Å². The Hall–Kier alpha value is -2.20. The van der Waals surface area contributed by atoms with Crippen molar-refractivity contribution in [1.29, 1.82) is 0 Å². The van der Waals surface area contributed by atoms with E-state index in [2.05, 4.69) is 26.6 Å². The Morgan fingerprint density at radius 3 is 2.53 bits per heavy atom. The zero-order valence-corrected chi connectivity index (χ0v) is 20.7. The minimum absolute atomic E-state index is 0. The number of methoxy groups -OCH3 is 1. The Morgan fingerprint density at radius 2 is 1.87 bits per heavy atom. The van der Waals surface area contributed by atoms with Gasteiger partial charge in [-0.1, -0.05) is 12.1 Å². The maximum Gasteiger partial charge on any atom is 0.195 e. The summed E-state index contributed by atoms with van der Waals surface area (Å²) in [6.45, 7) is 4.68. The van der Waals surface area contributed by atoms with E-state index in [1.165, 1.54) is 0 Å². The summed E-state index contributed by atoms with van der Waals surface area (Å²) in [4.78, 5) is 6.39. The molecule has 2 aromatic carbocycles. The topological polar surface area (TPSA) is 67.3 Å². The molecule has 0 aliphatic rings. The van der Waals surface area contributed by atoms with Gasteiger partial charge in [0.05, 0.1) is 13.7 Å². The molecule has 0 atom stereocenters. The van der Waals surface area contributed by atoms with Gasteiger partial charge in [0.2, 0.25) is 0 Å². The smallest absolute Gasteiger partial charge is 0.195 e. The quantitative estimate of drug-likeness (QED) is 0.278. The number of benzene rings is 2. The number of nitrogens with zero attached hydrogens (tertiary/aromatic N) is 2. The Bertz CT molecular complexity index is 800. The van der Waals surface area contributed by atoms with Gasteiger partial charge in [0.1, 0.15) is 12.4 Å². The van der Waals surface area contributed by atoms with Crippen molar-refractivity contribution >= 4 is 35.6 Å². The van der Waals surface area contributed by atoms with Crippen molar-refractivity contribution in [3.8, 4) is 17.2 Å². The average molecular weight is 528 g/mol. The molecule has 0 heterocycles. The summed E-state index contributed by atoms with van der Waals surface area (Å²) in [5.74, 6) is 2.92. The van der Waals surface area contributed by atoms with Crippen molar-refractivity contribution < 1.29 is 14.2 Å². The lowest BCUT2D eigenvalue weighted by Crippen LogP contribution is -2.30. The number of guanidine groups is 1. The molecule has 0 bridgehead atoms. The van der Waals surface area contributed by atoms with Gasteiger partial charge in [0.15, 0.2) is 17.5 Å². The van der Waals surface area contributed by atoms with E-state index in [0.717, 1.165) is 23.5 Å². The largest absolute Gasteiger partial charge is 0.493 e. The fraction of sp³-hybridized carbons (Fsp3) is 0.409. The van der Waals surface area contributed by atoms with Crippen LogP contribution in [0, 0.1) is 0 Å². The van der Waals surface area contributed by atoms with Gasteiger partial charge in [-0.3, -0.25) is 4.99 Å². The van der Waals surface area contributed by atoms with E-state index in [0.29, 0.717) is 37.2 Å². The lowest BCUT2D eigenvalue weighted by Gasteiger charge is -2.15. The number of anilines is 1. The van der Waals surface area contributed by atoms with Gasteiger partial charge >= 0.3 is 0 Å². The second-order valence-electron chi connectivity index (χ2n) is 6.65. The van der Waals surface area contributed by atoms with Crippen LogP contribution in [0.1, 0.15) is 12.5 Å². The number of hydrogen-bond donors (Lipinski definition) is 2. The molecule has 30 heavy (non-hydrogen) atoms. The summed E-state index contributed by atoms with van der Waals surface area (Å²) in [6, 6.07) is 13.8. The van der Waals surface area contributed by atoms with Gasteiger partial charge < -0.3 is 29.7 Å². The lowest BCUT2D eigenvalue weighted by molar-refractivity contribution is 0.261. The number of nitrogens with one attached hydrogen (secondary N) is 2. The van der Waals surface area contributed by atoms with E-state index in [4.69, 9.17) is 14.2 Å². The van der Waals surface area contributed by atoms with Gasteiger partial charge in [0.25, 0.3) is 0 Å². The summed E-state index contributed by atoms with van der Waals surface area (Å²) in [5.41, 5.74) is 1.98. The van der Waals surface area contributed by atoms with Crippen LogP contribution in [0.4, 0.5) is 5.69 Å². The van der Waals surface area contributed by atoms with Crippen LogP contribution in [0.3, 0.4) is 0 Å². The molecule has 0 radical (unpaired) electrons. The van der Waals surface area contributed by atoms with Gasteiger partial charge in [-0.25, -0.2) is 0 Å². The predicted molar refractivity (Wildman–Crippen MR) is 134 cm³/mol. The highest BCUT2D eigenvalue weighted by Gasteiger charge is 2.07. The third-order valence-corrected chi connectivity index (χ3v) is 4.12. The molecule has 0 aromatic heterocycles. The van der Waals surface area contributed by atoms with Crippen LogP contribution in [0.15, 0.2) is 47.5 Å². The molecule has 0 unspecified atom stereocenters. The van der Waals surface area contributed by atoms with Crippen LogP contribution < -0.4 is 24.8 Å². The Labute approximate surface area is 196 Å². The first kappa shape index (κ1) is 25.8. The number of likely N-dealkylation sites (N-methyl/N-ethyl adjacent to an activating group) is 1. The molecule has 0 aliphatic carbocycles. The second kappa shape index (κ2) is 13.9. The summed E-state index contributed by atoms with van der Waals surface area (Å²) in [5, 5.41) is 6.60. The first-order valence-corrected chi connectivity index (χ1v) is 9.70. The third kappa shape index (κ3) is 8.66. The van der Waals surface area contributed by atoms with Crippen molar-refractivity contribution in [1.82, 2.24) is 10.2 Å². The van der Waals surface area contributed by atoms with Crippen LogP contribution in [0.5, 0.6) is 17.2 Å². The molecule has 166 valence electrons. The van der Waals surface area contributed by atoms with E-state index < -0.39 is 0 Å². The number of halogens is 1. The van der Waals surface area contributed by atoms with Gasteiger partial charge in [-0.05, 0) is 50.8 Å². The number of aliphatic imine (C=N–C) groups is 1. The first-order valence-electron chi connectivity index (χ1n) is 9.70. The van der Waals surface area contributed by atoms with Crippen molar-refractivity contribution in [2.75, 3.05) is 53.3 Å².